The van der Waals surface area contributed by atoms with E-state index in [1.807, 2.05) is 28.0 Å². The van der Waals surface area contributed by atoms with Gasteiger partial charge < -0.3 is 15.1 Å². The van der Waals surface area contributed by atoms with Gasteiger partial charge >= 0.3 is 0 Å². The molecule has 6 heteroatoms. The van der Waals surface area contributed by atoms with Crippen molar-refractivity contribution in [3.63, 3.8) is 0 Å². The van der Waals surface area contributed by atoms with E-state index in [-0.39, 0.29) is 23.6 Å². The first-order valence-electron chi connectivity index (χ1n) is 11.4. The first-order chi connectivity index (χ1) is 14.5. The molecule has 2 fully saturated rings. The first kappa shape index (κ1) is 22.3. The van der Waals surface area contributed by atoms with E-state index in [9.17, 15) is 14.4 Å². The zero-order chi connectivity index (χ0) is 21.5. The fourth-order valence-corrected chi connectivity index (χ4v) is 4.47. The van der Waals surface area contributed by atoms with Crippen molar-refractivity contribution in [3.8, 4) is 0 Å². The number of nitrogens with zero attached hydrogens (tertiary/aromatic N) is 2. The minimum Gasteiger partial charge on any atom is -0.343 e. The molecule has 2 aliphatic rings. The number of carbonyl (C=O) groups is 3. The van der Waals surface area contributed by atoms with Gasteiger partial charge in [-0.1, -0.05) is 32.0 Å². The normalized spacial score (nSPS) is 18.9. The number of piperidine rings is 2. The van der Waals surface area contributed by atoms with Crippen LogP contribution in [0.15, 0.2) is 30.3 Å². The Morgan fingerprint density at radius 2 is 1.57 bits per heavy atom. The average Bonchev–Trinajstić information content (AvgIpc) is 2.77. The van der Waals surface area contributed by atoms with E-state index >= 15 is 0 Å². The summed E-state index contributed by atoms with van der Waals surface area (Å²) in [5, 5.41) is 3.04. The lowest BCUT2D eigenvalue weighted by Crippen LogP contribution is -2.55. The van der Waals surface area contributed by atoms with Crippen LogP contribution < -0.4 is 5.32 Å². The largest absolute Gasteiger partial charge is 0.343 e. The molecule has 0 saturated carbocycles. The zero-order valence-electron chi connectivity index (χ0n) is 18.3. The third-order valence-electron chi connectivity index (χ3n) is 6.20. The molecule has 0 spiro atoms. The molecule has 3 amide bonds. The van der Waals surface area contributed by atoms with E-state index in [2.05, 4.69) is 19.2 Å². The molecule has 2 aliphatic heterocycles. The summed E-state index contributed by atoms with van der Waals surface area (Å²) >= 11 is 0. The van der Waals surface area contributed by atoms with Gasteiger partial charge in [0, 0.05) is 38.2 Å². The van der Waals surface area contributed by atoms with Crippen molar-refractivity contribution in [2.24, 2.45) is 11.8 Å². The lowest BCUT2D eigenvalue weighted by molar-refractivity contribution is -0.137. The van der Waals surface area contributed by atoms with Crippen molar-refractivity contribution in [1.29, 1.82) is 0 Å². The van der Waals surface area contributed by atoms with Gasteiger partial charge in [0.25, 0.3) is 5.91 Å². The Balaban J connectivity index is 1.69. The number of benzene rings is 1. The zero-order valence-corrected chi connectivity index (χ0v) is 18.3. The van der Waals surface area contributed by atoms with Gasteiger partial charge in [-0.05, 0) is 56.1 Å². The van der Waals surface area contributed by atoms with E-state index in [0.717, 1.165) is 45.2 Å². The molecule has 0 aliphatic carbocycles. The van der Waals surface area contributed by atoms with E-state index < -0.39 is 6.04 Å². The van der Waals surface area contributed by atoms with Crippen LogP contribution in [0.1, 0.15) is 62.7 Å². The number of hydrogen-bond acceptors (Lipinski definition) is 3. The summed E-state index contributed by atoms with van der Waals surface area (Å²) < 4.78 is 0. The predicted octanol–water partition coefficient (Wildman–Crippen LogP) is 3.08. The van der Waals surface area contributed by atoms with Crippen molar-refractivity contribution < 1.29 is 14.4 Å². The second-order valence-electron chi connectivity index (χ2n) is 9.02. The number of hydrogen-bond donors (Lipinski definition) is 1. The molecule has 3 rings (SSSR count). The Morgan fingerprint density at radius 1 is 0.933 bits per heavy atom. The molecule has 0 radical (unpaired) electrons. The van der Waals surface area contributed by atoms with Gasteiger partial charge in [-0.25, -0.2) is 0 Å². The van der Waals surface area contributed by atoms with Crippen LogP contribution >= 0.6 is 0 Å². The maximum Gasteiger partial charge on any atom is 0.251 e. The van der Waals surface area contributed by atoms with Crippen molar-refractivity contribution in [3.05, 3.63) is 35.9 Å². The molecule has 0 unspecified atom stereocenters. The number of likely N-dealkylation sites (tertiary alicyclic amines) is 2. The van der Waals surface area contributed by atoms with Gasteiger partial charge in [0.05, 0.1) is 0 Å². The lowest BCUT2D eigenvalue weighted by atomic mass is 9.87. The standard InChI is InChI=1S/C24H35N3O3/c1-18(2)17-21(28)26-15-11-19(12-16-26)22(24(30)27-13-7-4-8-14-27)25-23(29)20-9-5-3-6-10-20/h3,5-6,9-10,18-19,22H,4,7-8,11-17H2,1-2H3,(H,25,29)/t22-/m1/s1. The summed E-state index contributed by atoms with van der Waals surface area (Å²) in [6.07, 6.45) is 5.24. The van der Waals surface area contributed by atoms with E-state index in [0.29, 0.717) is 31.0 Å². The van der Waals surface area contributed by atoms with E-state index in [1.165, 1.54) is 0 Å². The topological polar surface area (TPSA) is 69.7 Å². The lowest BCUT2D eigenvalue weighted by Gasteiger charge is -2.38. The number of rotatable bonds is 6. The second-order valence-corrected chi connectivity index (χ2v) is 9.02. The van der Waals surface area contributed by atoms with Crippen molar-refractivity contribution >= 4 is 17.7 Å². The van der Waals surface area contributed by atoms with Crippen LogP contribution in [-0.2, 0) is 9.59 Å². The van der Waals surface area contributed by atoms with Gasteiger partial charge in [0.15, 0.2) is 0 Å². The number of carbonyl (C=O) groups excluding carboxylic acids is 3. The Morgan fingerprint density at radius 3 is 2.17 bits per heavy atom. The van der Waals surface area contributed by atoms with Gasteiger partial charge in [-0.2, -0.15) is 0 Å². The van der Waals surface area contributed by atoms with Crippen LogP contribution in [-0.4, -0.2) is 59.7 Å². The quantitative estimate of drug-likeness (QED) is 0.779. The molecule has 0 aromatic heterocycles. The van der Waals surface area contributed by atoms with Crippen LogP contribution in [0.3, 0.4) is 0 Å². The van der Waals surface area contributed by atoms with Gasteiger partial charge in [0.2, 0.25) is 11.8 Å². The second kappa shape index (κ2) is 10.6. The summed E-state index contributed by atoms with van der Waals surface area (Å²) in [5.41, 5.74) is 0.568. The van der Waals surface area contributed by atoms with E-state index in [4.69, 9.17) is 0 Å². The maximum atomic E-state index is 13.4. The summed E-state index contributed by atoms with van der Waals surface area (Å²) in [6.45, 7) is 6.95. The summed E-state index contributed by atoms with van der Waals surface area (Å²) in [4.78, 5) is 42.4. The van der Waals surface area contributed by atoms with Gasteiger partial charge in [-0.15, -0.1) is 0 Å². The van der Waals surface area contributed by atoms with Crippen LogP contribution in [0.5, 0.6) is 0 Å². The minimum absolute atomic E-state index is 0.0333. The van der Waals surface area contributed by atoms with Crippen molar-refractivity contribution in [2.45, 2.75) is 58.4 Å². The predicted molar refractivity (Wildman–Crippen MR) is 117 cm³/mol. The molecule has 1 aromatic rings. The van der Waals surface area contributed by atoms with Crippen LogP contribution in [0, 0.1) is 11.8 Å². The van der Waals surface area contributed by atoms with Gasteiger partial charge in [0.1, 0.15) is 6.04 Å². The Bertz CT molecular complexity index is 720. The summed E-state index contributed by atoms with van der Waals surface area (Å²) in [5.74, 6) is 0.412. The maximum absolute atomic E-state index is 13.4. The SMILES string of the molecule is CC(C)CC(=O)N1CCC([C@@H](NC(=O)c2ccccc2)C(=O)N2CCCCC2)CC1. The average molecular weight is 414 g/mol. The number of amides is 3. The highest BCUT2D eigenvalue weighted by molar-refractivity contribution is 5.97. The van der Waals surface area contributed by atoms with Crippen LogP contribution in [0.25, 0.3) is 0 Å². The monoisotopic (exact) mass is 413 g/mol. The fraction of sp³-hybridized carbons (Fsp3) is 0.625. The number of nitrogens with one attached hydrogen (secondary N) is 1. The molecule has 1 aromatic carbocycles. The molecule has 6 nitrogen and oxygen atoms in total. The molecule has 164 valence electrons. The first-order valence-corrected chi connectivity index (χ1v) is 11.4. The summed E-state index contributed by atoms with van der Waals surface area (Å²) in [6, 6.07) is 8.54. The molecule has 1 N–H and O–H groups in total. The minimum atomic E-state index is -0.529. The molecular formula is C24H35N3O3. The van der Waals surface area contributed by atoms with Crippen LogP contribution in [0.4, 0.5) is 0 Å². The van der Waals surface area contributed by atoms with Crippen molar-refractivity contribution in [2.75, 3.05) is 26.2 Å². The highest BCUT2D eigenvalue weighted by atomic mass is 16.2. The smallest absolute Gasteiger partial charge is 0.251 e. The molecule has 1 atom stereocenters. The molecule has 2 heterocycles. The molecule has 30 heavy (non-hydrogen) atoms. The van der Waals surface area contributed by atoms with Crippen molar-refractivity contribution in [1.82, 2.24) is 15.1 Å². The third kappa shape index (κ3) is 5.83. The summed E-state index contributed by atoms with van der Waals surface area (Å²) in [7, 11) is 0. The highest BCUT2D eigenvalue weighted by Gasteiger charge is 2.36. The van der Waals surface area contributed by atoms with Crippen LogP contribution in [0.2, 0.25) is 0 Å². The Kier molecular flexibility index (Phi) is 7.88. The third-order valence-corrected chi connectivity index (χ3v) is 6.20. The molecule has 2 saturated heterocycles. The fourth-order valence-electron chi connectivity index (χ4n) is 4.47. The van der Waals surface area contributed by atoms with E-state index in [1.54, 1.807) is 12.1 Å². The van der Waals surface area contributed by atoms with Gasteiger partial charge in [-0.3, -0.25) is 14.4 Å². The Labute approximate surface area is 180 Å². The molecular weight excluding hydrogens is 378 g/mol. The Hall–Kier alpha value is -2.37. The molecule has 0 bridgehead atoms. The highest BCUT2D eigenvalue weighted by Crippen LogP contribution is 2.24.